The molecular weight excluding hydrogens is 324 g/mol. The molecule has 0 bridgehead atoms. The van der Waals surface area contributed by atoms with E-state index in [9.17, 15) is 14.4 Å². The number of hydrogen-bond donors (Lipinski definition) is 1. The minimum Gasteiger partial charge on any atom is -0.476 e. The van der Waals surface area contributed by atoms with Crippen LogP contribution in [0.3, 0.4) is 0 Å². The minimum absolute atomic E-state index is 0.0500. The lowest BCUT2D eigenvalue weighted by Gasteiger charge is -2.39. The van der Waals surface area contributed by atoms with Gasteiger partial charge in [-0.25, -0.2) is 4.79 Å². The zero-order valence-electron chi connectivity index (χ0n) is 15.0. The van der Waals surface area contributed by atoms with Gasteiger partial charge in [0, 0.05) is 19.5 Å². The van der Waals surface area contributed by atoms with Crippen LogP contribution in [0.15, 0.2) is 18.2 Å². The number of anilines is 1. The normalized spacial score (nSPS) is 15.2. The van der Waals surface area contributed by atoms with E-state index < -0.39 is 11.6 Å². The van der Waals surface area contributed by atoms with Gasteiger partial charge in [-0.15, -0.1) is 0 Å². The first kappa shape index (κ1) is 18.8. The summed E-state index contributed by atoms with van der Waals surface area (Å²) in [5.74, 6) is -0.221. The van der Waals surface area contributed by atoms with Gasteiger partial charge in [0.25, 0.3) is 5.91 Å². The van der Waals surface area contributed by atoms with E-state index in [-0.39, 0.29) is 11.8 Å². The Morgan fingerprint density at radius 1 is 1.32 bits per heavy atom. The van der Waals surface area contributed by atoms with Gasteiger partial charge in [-0.1, -0.05) is 0 Å². The van der Waals surface area contributed by atoms with Gasteiger partial charge in [0.1, 0.15) is 5.75 Å². The minimum atomic E-state index is -1.01. The fourth-order valence-corrected chi connectivity index (χ4v) is 2.72. The molecule has 7 heteroatoms. The summed E-state index contributed by atoms with van der Waals surface area (Å²) in [6.45, 7) is 6.19. The number of ether oxygens (including phenoxy) is 2. The van der Waals surface area contributed by atoms with Crippen LogP contribution in [-0.2, 0) is 14.3 Å². The van der Waals surface area contributed by atoms with E-state index in [1.807, 2.05) is 6.92 Å². The van der Waals surface area contributed by atoms with Gasteiger partial charge < -0.3 is 19.7 Å². The Balaban J connectivity index is 2.26. The van der Waals surface area contributed by atoms with Crippen molar-refractivity contribution in [3.63, 3.8) is 0 Å². The summed E-state index contributed by atoms with van der Waals surface area (Å²) in [7, 11) is 1.30. The van der Waals surface area contributed by atoms with E-state index in [1.165, 1.54) is 7.11 Å². The van der Waals surface area contributed by atoms with Crippen molar-refractivity contribution < 1.29 is 23.9 Å². The van der Waals surface area contributed by atoms with Crippen LogP contribution in [-0.4, -0.2) is 43.6 Å². The fraction of sp³-hybridized carbons (Fsp3) is 0.500. The van der Waals surface area contributed by atoms with Crippen LogP contribution in [0.4, 0.5) is 5.69 Å². The monoisotopic (exact) mass is 348 g/mol. The number of methoxy groups -OCH3 is 1. The van der Waals surface area contributed by atoms with Crippen LogP contribution in [0.2, 0.25) is 0 Å². The maximum atomic E-state index is 12.7. The lowest BCUT2D eigenvalue weighted by molar-refractivity contribution is -0.132. The number of carbonyl (C=O) groups excluding carboxylic acids is 3. The second kappa shape index (κ2) is 7.55. The van der Waals surface area contributed by atoms with Crippen molar-refractivity contribution in [1.29, 1.82) is 0 Å². The molecule has 2 amide bonds. The number of hydrogen-bond acceptors (Lipinski definition) is 5. The van der Waals surface area contributed by atoms with Crippen molar-refractivity contribution in [2.75, 3.05) is 25.1 Å². The van der Waals surface area contributed by atoms with Crippen LogP contribution in [0.1, 0.15) is 44.0 Å². The van der Waals surface area contributed by atoms with Gasteiger partial charge in [-0.05, 0) is 45.4 Å². The first-order valence-electron chi connectivity index (χ1n) is 8.30. The van der Waals surface area contributed by atoms with Gasteiger partial charge in [0.2, 0.25) is 5.91 Å². The summed E-state index contributed by atoms with van der Waals surface area (Å²) >= 11 is 0. The van der Waals surface area contributed by atoms with Crippen LogP contribution >= 0.6 is 0 Å². The third kappa shape index (κ3) is 4.10. The predicted molar refractivity (Wildman–Crippen MR) is 92.8 cm³/mol. The molecule has 0 radical (unpaired) electrons. The van der Waals surface area contributed by atoms with E-state index in [0.29, 0.717) is 42.9 Å². The Kier molecular flexibility index (Phi) is 5.66. The molecule has 1 aromatic carbocycles. The lowest BCUT2D eigenvalue weighted by Crippen LogP contribution is -2.52. The predicted octanol–water partition coefficient (Wildman–Crippen LogP) is 1.89. The average Bonchev–Trinajstić information content (AvgIpc) is 2.57. The summed E-state index contributed by atoms with van der Waals surface area (Å²) in [5.41, 5.74) is -0.153. The summed E-state index contributed by atoms with van der Waals surface area (Å²) in [4.78, 5) is 37.7. The highest BCUT2D eigenvalue weighted by Gasteiger charge is 2.40. The number of rotatable bonds is 6. The second-order valence-electron chi connectivity index (χ2n) is 6.30. The third-order valence-electron chi connectivity index (χ3n) is 3.96. The van der Waals surface area contributed by atoms with Crippen molar-refractivity contribution in [3.8, 4) is 5.75 Å². The molecule has 1 aliphatic heterocycles. The molecule has 1 N–H and O–H groups in total. The molecule has 0 aromatic heterocycles. The average molecular weight is 348 g/mol. The molecule has 136 valence electrons. The number of nitrogens with one attached hydrogen (secondary N) is 1. The highest BCUT2D eigenvalue weighted by atomic mass is 16.5. The molecule has 0 saturated carbocycles. The molecule has 0 spiro atoms. The van der Waals surface area contributed by atoms with Crippen LogP contribution in [0.25, 0.3) is 0 Å². The van der Waals surface area contributed by atoms with Crippen LogP contribution in [0.5, 0.6) is 5.75 Å². The summed E-state index contributed by atoms with van der Waals surface area (Å²) < 4.78 is 10.5. The second-order valence-corrected chi connectivity index (χ2v) is 6.30. The van der Waals surface area contributed by atoms with Crippen molar-refractivity contribution in [1.82, 2.24) is 5.32 Å². The van der Waals surface area contributed by atoms with E-state index >= 15 is 0 Å². The quantitative estimate of drug-likeness (QED) is 0.794. The molecule has 25 heavy (non-hydrogen) atoms. The number of amides is 2. The molecule has 0 unspecified atom stereocenters. The van der Waals surface area contributed by atoms with Gasteiger partial charge in [-0.3, -0.25) is 9.59 Å². The van der Waals surface area contributed by atoms with Crippen molar-refractivity contribution in [3.05, 3.63) is 23.8 Å². The maximum Gasteiger partial charge on any atom is 0.337 e. The zero-order chi connectivity index (χ0) is 18.6. The molecule has 2 rings (SSSR count). The van der Waals surface area contributed by atoms with E-state index in [0.717, 1.165) is 0 Å². The number of fused-ring (bicyclic) bond motifs is 1. The van der Waals surface area contributed by atoms with Crippen LogP contribution < -0.4 is 15.0 Å². The standard InChI is InChI=1S/C18H24N2O5/c1-5-19-15(21)7-6-10-20-13-11-12(16(22)24-4)8-9-14(13)25-18(2,3)17(20)23/h8-9,11H,5-7,10H2,1-4H3,(H,19,21). The van der Waals surface area contributed by atoms with Crippen molar-refractivity contribution >= 4 is 23.5 Å². The van der Waals surface area contributed by atoms with Gasteiger partial charge in [-0.2, -0.15) is 0 Å². The van der Waals surface area contributed by atoms with Crippen molar-refractivity contribution in [2.24, 2.45) is 0 Å². The molecule has 1 aliphatic rings. The summed E-state index contributed by atoms with van der Waals surface area (Å²) in [6.07, 6.45) is 0.834. The fourth-order valence-electron chi connectivity index (χ4n) is 2.72. The molecule has 0 atom stereocenters. The Morgan fingerprint density at radius 3 is 2.68 bits per heavy atom. The molecule has 7 nitrogen and oxygen atoms in total. The summed E-state index contributed by atoms with van der Waals surface area (Å²) in [6, 6.07) is 4.84. The third-order valence-corrected chi connectivity index (χ3v) is 3.96. The number of nitrogens with zero attached hydrogens (tertiary/aromatic N) is 1. The number of esters is 1. The topological polar surface area (TPSA) is 84.9 Å². The van der Waals surface area contributed by atoms with Gasteiger partial charge >= 0.3 is 5.97 Å². The smallest absolute Gasteiger partial charge is 0.337 e. The largest absolute Gasteiger partial charge is 0.476 e. The Hall–Kier alpha value is -2.57. The molecule has 1 heterocycles. The Labute approximate surface area is 147 Å². The van der Waals surface area contributed by atoms with Crippen molar-refractivity contribution in [2.45, 2.75) is 39.2 Å². The van der Waals surface area contributed by atoms with E-state index in [4.69, 9.17) is 9.47 Å². The Bertz CT molecular complexity index is 684. The van der Waals surface area contributed by atoms with Crippen LogP contribution in [0, 0.1) is 0 Å². The molecule has 0 saturated heterocycles. The van der Waals surface area contributed by atoms with Gasteiger partial charge in [0.05, 0.1) is 18.4 Å². The molecule has 1 aromatic rings. The summed E-state index contributed by atoms with van der Waals surface area (Å²) in [5, 5.41) is 2.73. The first-order chi connectivity index (χ1) is 11.8. The number of carbonyl (C=O) groups is 3. The van der Waals surface area contributed by atoms with E-state index in [2.05, 4.69) is 5.32 Å². The highest BCUT2D eigenvalue weighted by molar-refractivity contribution is 6.03. The highest BCUT2D eigenvalue weighted by Crippen LogP contribution is 2.38. The molecule has 0 fully saturated rings. The van der Waals surface area contributed by atoms with E-state index in [1.54, 1.807) is 36.9 Å². The lowest BCUT2D eigenvalue weighted by atomic mass is 10.0. The molecular formula is C18H24N2O5. The molecule has 0 aliphatic carbocycles. The first-order valence-corrected chi connectivity index (χ1v) is 8.30. The zero-order valence-corrected chi connectivity index (χ0v) is 15.0. The SMILES string of the molecule is CCNC(=O)CCCN1C(=O)C(C)(C)Oc2ccc(C(=O)OC)cc21. The maximum absolute atomic E-state index is 12.7. The Morgan fingerprint density at radius 2 is 2.04 bits per heavy atom. The van der Waals surface area contributed by atoms with Gasteiger partial charge in [0.15, 0.2) is 5.60 Å². The number of benzene rings is 1.